The molecule has 0 spiro atoms. The van der Waals surface area contributed by atoms with Gasteiger partial charge in [0.2, 0.25) is 0 Å². The van der Waals surface area contributed by atoms with Crippen molar-refractivity contribution in [2.75, 3.05) is 32.7 Å². The Kier molecular flexibility index (Phi) is 10.1. The molecule has 5 aliphatic rings. The molecule has 0 aromatic heterocycles. The molecular weight excluding hydrogens is 496 g/mol. The zero-order valence-electron chi connectivity index (χ0n) is 25.7. The smallest absolute Gasteiger partial charge is 0.311 e. The summed E-state index contributed by atoms with van der Waals surface area (Å²) in [6.07, 6.45) is 17.7. The number of nitrogens with zero attached hydrogens (tertiary/aromatic N) is 2. The molecule has 0 amide bonds. The molecule has 1 aromatic carbocycles. The minimum Gasteiger partial charge on any atom is -0.480 e. The fraction of sp³-hybridized carbons (Fsp3) is 0.743. The minimum absolute atomic E-state index is 0.0890. The van der Waals surface area contributed by atoms with Crippen LogP contribution in [-0.4, -0.2) is 54.1 Å². The third-order valence-corrected chi connectivity index (χ3v) is 9.76. The summed E-state index contributed by atoms with van der Waals surface area (Å²) < 4.78 is 13.5. The number of ether oxygens (including phenoxy) is 2. The fourth-order valence-corrected chi connectivity index (χ4v) is 7.90. The lowest BCUT2D eigenvalue weighted by atomic mass is 9.71. The standard InChI is InChI=1S/C35H54N2O3/c1-4-7-9-14-27-25-29(39-31(38)15-10-13-22-36-20-11-8-12-21-36)33-30(26-27)40-35(18-5-2,19-6-3)34-32(33)28-16-23-37(34)24-17-28/h25-26,28H,4-24H2,1-3H3. The van der Waals surface area contributed by atoms with Crippen LogP contribution in [0.4, 0.5) is 0 Å². The Morgan fingerprint density at radius 1 is 0.925 bits per heavy atom. The van der Waals surface area contributed by atoms with E-state index in [-0.39, 0.29) is 11.6 Å². The lowest BCUT2D eigenvalue weighted by Gasteiger charge is -2.54. The Hall–Kier alpha value is -2.01. The molecule has 0 radical (unpaired) electrons. The molecule has 6 rings (SSSR count). The molecule has 2 fully saturated rings. The average Bonchev–Trinajstić information content (AvgIpc) is 2.96. The highest BCUT2D eigenvalue weighted by molar-refractivity contribution is 5.85. The van der Waals surface area contributed by atoms with Crippen molar-refractivity contribution in [2.45, 2.75) is 129 Å². The van der Waals surface area contributed by atoms with Gasteiger partial charge in [0.15, 0.2) is 0 Å². The summed E-state index contributed by atoms with van der Waals surface area (Å²) in [5.41, 5.74) is 4.93. The number of aryl methyl sites for hydroxylation is 1. The molecule has 0 aliphatic carbocycles. The SMILES string of the molecule is CCCCCc1cc(OC(=O)CCCCN2CCCCC2)c2c(c1)OC(CCC)(CCC)C1=C2C2CCN1CC2. The summed E-state index contributed by atoms with van der Waals surface area (Å²) in [6.45, 7) is 12.6. The molecule has 2 bridgehead atoms. The van der Waals surface area contributed by atoms with Crippen molar-refractivity contribution in [1.82, 2.24) is 9.80 Å². The van der Waals surface area contributed by atoms with Crippen LogP contribution in [0.5, 0.6) is 11.5 Å². The maximum Gasteiger partial charge on any atom is 0.311 e. The van der Waals surface area contributed by atoms with Gasteiger partial charge < -0.3 is 19.3 Å². The number of likely N-dealkylation sites (tertiary alicyclic amines) is 1. The first-order valence-electron chi connectivity index (χ1n) is 16.9. The van der Waals surface area contributed by atoms with Crippen molar-refractivity contribution in [1.29, 1.82) is 0 Å². The van der Waals surface area contributed by atoms with Gasteiger partial charge in [-0.1, -0.05) is 52.9 Å². The Balaban J connectivity index is 1.43. The van der Waals surface area contributed by atoms with E-state index in [0.717, 1.165) is 88.1 Å². The summed E-state index contributed by atoms with van der Waals surface area (Å²) in [6, 6.07) is 4.47. The molecule has 1 aromatic rings. The van der Waals surface area contributed by atoms with Gasteiger partial charge in [-0.15, -0.1) is 0 Å². The largest absolute Gasteiger partial charge is 0.480 e. The first-order valence-corrected chi connectivity index (χ1v) is 16.9. The first-order chi connectivity index (χ1) is 19.6. The number of fused-ring (bicyclic) bond motifs is 3. The minimum atomic E-state index is -0.261. The lowest BCUT2D eigenvalue weighted by molar-refractivity contribution is -0.134. The summed E-state index contributed by atoms with van der Waals surface area (Å²) in [5.74, 6) is 2.17. The number of rotatable bonds is 14. The Bertz CT molecular complexity index is 1030. The third-order valence-electron chi connectivity index (χ3n) is 9.76. The molecule has 5 heteroatoms. The van der Waals surface area contributed by atoms with Crippen LogP contribution in [0.1, 0.15) is 128 Å². The molecule has 0 atom stereocenters. The maximum atomic E-state index is 13.3. The third kappa shape index (κ3) is 6.40. The Morgan fingerprint density at radius 2 is 1.68 bits per heavy atom. The van der Waals surface area contributed by atoms with Gasteiger partial charge in [0, 0.05) is 19.5 Å². The number of unbranched alkanes of at least 4 members (excludes halogenated alkanes) is 3. The van der Waals surface area contributed by atoms with Gasteiger partial charge in [0.05, 0.1) is 11.3 Å². The van der Waals surface area contributed by atoms with Crippen LogP contribution < -0.4 is 9.47 Å². The monoisotopic (exact) mass is 550 g/mol. The summed E-state index contributed by atoms with van der Waals surface area (Å²) in [7, 11) is 0. The van der Waals surface area contributed by atoms with E-state index >= 15 is 0 Å². The quantitative estimate of drug-likeness (QED) is 0.133. The van der Waals surface area contributed by atoms with Gasteiger partial charge in [-0.25, -0.2) is 0 Å². The van der Waals surface area contributed by atoms with Gasteiger partial charge in [0.25, 0.3) is 0 Å². The highest BCUT2D eigenvalue weighted by atomic mass is 16.5. The number of carbonyl (C=O) groups is 1. The van der Waals surface area contributed by atoms with E-state index in [1.165, 1.54) is 74.9 Å². The number of benzene rings is 1. The summed E-state index contributed by atoms with van der Waals surface area (Å²) >= 11 is 0. The average molecular weight is 551 g/mol. The van der Waals surface area contributed by atoms with Gasteiger partial charge in [-0.2, -0.15) is 0 Å². The van der Waals surface area contributed by atoms with Crippen LogP contribution in [0.25, 0.3) is 5.57 Å². The number of hydrogen-bond acceptors (Lipinski definition) is 5. The zero-order valence-corrected chi connectivity index (χ0v) is 25.7. The first kappa shape index (κ1) is 29.5. The van der Waals surface area contributed by atoms with E-state index < -0.39 is 0 Å². The normalized spacial score (nSPS) is 20.3. The topological polar surface area (TPSA) is 42.0 Å². The summed E-state index contributed by atoms with van der Waals surface area (Å²) in [5, 5.41) is 0. The molecular formula is C35H54N2O3. The van der Waals surface area contributed by atoms with E-state index in [2.05, 4.69) is 42.7 Å². The predicted molar refractivity (Wildman–Crippen MR) is 164 cm³/mol. The molecule has 5 aliphatic heterocycles. The van der Waals surface area contributed by atoms with E-state index in [0.29, 0.717) is 12.3 Å². The van der Waals surface area contributed by atoms with Crippen molar-refractivity contribution >= 4 is 11.5 Å². The maximum absolute atomic E-state index is 13.3. The molecule has 5 nitrogen and oxygen atoms in total. The van der Waals surface area contributed by atoms with Crippen LogP contribution in [0.2, 0.25) is 0 Å². The van der Waals surface area contributed by atoms with Crippen LogP contribution in [0.3, 0.4) is 0 Å². The zero-order chi connectivity index (χ0) is 28.0. The van der Waals surface area contributed by atoms with Gasteiger partial charge in [0.1, 0.15) is 17.1 Å². The second kappa shape index (κ2) is 13.8. The highest BCUT2D eigenvalue weighted by Crippen LogP contribution is 2.56. The molecule has 222 valence electrons. The van der Waals surface area contributed by atoms with Crippen LogP contribution in [0.15, 0.2) is 17.8 Å². The second-order valence-electron chi connectivity index (χ2n) is 12.9. The predicted octanol–water partition coefficient (Wildman–Crippen LogP) is 8.15. The van der Waals surface area contributed by atoms with Gasteiger partial charge in [-0.05, 0) is 113 Å². The molecule has 0 N–H and O–H groups in total. The number of allylic oxidation sites excluding steroid dienone is 1. The highest BCUT2D eigenvalue weighted by Gasteiger charge is 2.50. The van der Waals surface area contributed by atoms with E-state index in [1.54, 1.807) is 0 Å². The van der Waals surface area contributed by atoms with Crippen LogP contribution in [-0.2, 0) is 11.2 Å². The Morgan fingerprint density at radius 3 is 2.38 bits per heavy atom. The van der Waals surface area contributed by atoms with Crippen LogP contribution in [0, 0.1) is 5.92 Å². The number of esters is 1. The van der Waals surface area contributed by atoms with E-state index in [1.807, 2.05) is 0 Å². The van der Waals surface area contributed by atoms with Gasteiger partial charge >= 0.3 is 5.97 Å². The van der Waals surface area contributed by atoms with Crippen molar-refractivity contribution < 1.29 is 14.3 Å². The van der Waals surface area contributed by atoms with Crippen molar-refractivity contribution in [3.8, 4) is 11.5 Å². The number of hydrogen-bond donors (Lipinski definition) is 0. The molecule has 2 saturated heterocycles. The number of carbonyl (C=O) groups excluding carboxylic acids is 1. The molecule has 40 heavy (non-hydrogen) atoms. The Labute approximate surface area is 243 Å². The molecule has 0 unspecified atom stereocenters. The van der Waals surface area contributed by atoms with Gasteiger partial charge in [-0.3, -0.25) is 4.79 Å². The van der Waals surface area contributed by atoms with Crippen LogP contribution >= 0.6 is 0 Å². The van der Waals surface area contributed by atoms with E-state index in [9.17, 15) is 4.79 Å². The van der Waals surface area contributed by atoms with Crippen molar-refractivity contribution in [2.24, 2.45) is 5.92 Å². The second-order valence-corrected chi connectivity index (χ2v) is 12.9. The lowest BCUT2D eigenvalue weighted by Crippen LogP contribution is -2.53. The van der Waals surface area contributed by atoms with Crippen molar-refractivity contribution in [3.05, 3.63) is 29.0 Å². The van der Waals surface area contributed by atoms with E-state index in [4.69, 9.17) is 9.47 Å². The fourth-order valence-electron chi connectivity index (χ4n) is 7.90. The van der Waals surface area contributed by atoms with Crippen molar-refractivity contribution in [3.63, 3.8) is 0 Å². The molecule has 0 saturated carbocycles. The number of piperidine rings is 2. The summed E-state index contributed by atoms with van der Waals surface area (Å²) in [4.78, 5) is 18.4. The molecule has 5 heterocycles.